The van der Waals surface area contributed by atoms with E-state index in [-0.39, 0.29) is 5.91 Å². The molecule has 0 saturated heterocycles. The molecule has 1 atom stereocenters. The van der Waals surface area contributed by atoms with Crippen LogP contribution in [0.15, 0.2) is 24.3 Å². The molecule has 0 aliphatic rings. The molecular formula is C16H25NO3. The summed E-state index contributed by atoms with van der Waals surface area (Å²) in [5.74, 6) is 0.666. The topological polar surface area (TPSA) is 47.6 Å². The molecule has 0 spiro atoms. The van der Waals surface area contributed by atoms with Gasteiger partial charge in [-0.15, -0.1) is 0 Å². The summed E-state index contributed by atoms with van der Waals surface area (Å²) in [6, 6.07) is 7.28. The maximum absolute atomic E-state index is 12.4. The Balaban J connectivity index is 2.73. The molecule has 1 aromatic rings. The third kappa shape index (κ3) is 4.53. The van der Waals surface area contributed by atoms with E-state index in [9.17, 15) is 4.79 Å². The van der Waals surface area contributed by atoms with Crippen LogP contribution in [0.2, 0.25) is 0 Å². The molecule has 0 radical (unpaired) electrons. The zero-order valence-corrected chi connectivity index (χ0v) is 12.9. The van der Waals surface area contributed by atoms with Gasteiger partial charge >= 0.3 is 0 Å². The van der Waals surface area contributed by atoms with E-state index in [0.717, 1.165) is 24.3 Å². The van der Waals surface area contributed by atoms with Crippen LogP contribution in [-0.2, 0) is 9.53 Å². The van der Waals surface area contributed by atoms with Crippen LogP contribution < -0.4 is 10.1 Å². The average molecular weight is 279 g/mol. The summed E-state index contributed by atoms with van der Waals surface area (Å²) in [5.41, 5.74) is -0.0248. The van der Waals surface area contributed by atoms with Gasteiger partial charge in [-0.25, -0.2) is 0 Å². The van der Waals surface area contributed by atoms with E-state index in [1.807, 2.05) is 45.0 Å². The summed E-state index contributed by atoms with van der Waals surface area (Å²) in [6.45, 7) is 6.53. The van der Waals surface area contributed by atoms with E-state index >= 15 is 0 Å². The van der Waals surface area contributed by atoms with Crippen molar-refractivity contribution in [2.45, 2.75) is 45.6 Å². The first-order valence-corrected chi connectivity index (χ1v) is 7.15. The molecule has 0 unspecified atom stereocenters. The Morgan fingerprint density at radius 1 is 1.20 bits per heavy atom. The number of rotatable bonds is 8. The second kappa shape index (κ2) is 7.90. The van der Waals surface area contributed by atoms with Gasteiger partial charge in [-0.1, -0.05) is 20.3 Å². The first-order valence-electron chi connectivity index (χ1n) is 7.15. The largest absolute Gasteiger partial charge is 0.497 e. The minimum Gasteiger partial charge on any atom is -0.497 e. The molecule has 4 heteroatoms. The number of carbonyl (C=O) groups is 1. The number of amides is 1. The van der Waals surface area contributed by atoms with E-state index < -0.39 is 5.60 Å². The number of hydrogen-bond acceptors (Lipinski definition) is 3. The summed E-state index contributed by atoms with van der Waals surface area (Å²) in [4.78, 5) is 12.4. The third-order valence-corrected chi connectivity index (χ3v) is 3.18. The predicted molar refractivity (Wildman–Crippen MR) is 81.2 cm³/mol. The quantitative estimate of drug-likeness (QED) is 0.790. The zero-order chi connectivity index (χ0) is 15.0. The van der Waals surface area contributed by atoms with Crippen molar-refractivity contribution in [1.82, 2.24) is 0 Å². The molecule has 1 amide bonds. The Hall–Kier alpha value is -1.55. The van der Waals surface area contributed by atoms with Gasteiger partial charge in [0.25, 0.3) is 5.91 Å². The molecule has 0 saturated carbocycles. The van der Waals surface area contributed by atoms with Crippen molar-refractivity contribution in [3.63, 3.8) is 0 Å². The van der Waals surface area contributed by atoms with Crippen LogP contribution in [-0.4, -0.2) is 25.2 Å². The fraction of sp³-hybridized carbons (Fsp3) is 0.562. The molecule has 1 N–H and O–H groups in total. The molecule has 0 aliphatic heterocycles. The summed E-state index contributed by atoms with van der Waals surface area (Å²) >= 11 is 0. The van der Waals surface area contributed by atoms with Crippen molar-refractivity contribution in [2.75, 3.05) is 19.0 Å². The third-order valence-electron chi connectivity index (χ3n) is 3.18. The van der Waals surface area contributed by atoms with Crippen LogP contribution in [0.1, 0.15) is 40.0 Å². The first-order chi connectivity index (χ1) is 9.55. The van der Waals surface area contributed by atoms with Crippen molar-refractivity contribution >= 4 is 11.6 Å². The molecule has 0 heterocycles. The van der Waals surface area contributed by atoms with Gasteiger partial charge in [0, 0.05) is 12.3 Å². The summed E-state index contributed by atoms with van der Waals surface area (Å²) in [5, 5.41) is 2.91. The Labute approximate surface area is 121 Å². The fourth-order valence-electron chi connectivity index (χ4n) is 1.99. The van der Waals surface area contributed by atoms with Gasteiger partial charge in [-0.05, 0) is 44.0 Å². The summed E-state index contributed by atoms with van der Waals surface area (Å²) in [6.07, 6.45) is 2.50. The van der Waals surface area contributed by atoms with Gasteiger partial charge in [0.2, 0.25) is 0 Å². The van der Waals surface area contributed by atoms with Crippen molar-refractivity contribution in [2.24, 2.45) is 0 Å². The number of ether oxygens (including phenoxy) is 2. The maximum atomic E-state index is 12.4. The lowest BCUT2D eigenvalue weighted by molar-refractivity contribution is -0.140. The van der Waals surface area contributed by atoms with Crippen molar-refractivity contribution < 1.29 is 14.3 Å². The zero-order valence-electron chi connectivity index (χ0n) is 12.9. The van der Waals surface area contributed by atoms with Gasteiger partial charge in [0.15, 0.2) is 0 Å². The van der Waals surface area contributed by atoms with Crippen LogP contribution in [0.3, 0.4) is 0 Å². The highest BCUT2D eigenvalue weighted by Crippen LogP contribution is 2.22. The molecule has 1 aromatic carbocycles. The number of anilines is 1. The number of hydrogen-bond donors (Lipinski definition) is 1. The van der Waals surface area contributed by atoms with E-state index in [1.165, 1.54) is 0 Å². The lowest BCUT2D eigenvalue weighted by Gasteiger charge is -2.28. The Bertz CT molecular complexity index is 416. The van der Waals surface area contributed by atoms with E-state index in [1.54, 1.807) is 7.11 Å². The minimum atomic E-state index is -0.773. The molecule has 1 rings (SSSR count). The predicted octanol–water partition coefficient (Wildman–Crippen LogP) is 3.62. The van der Waals surface area contributed by atoms with Gasteiger partial charge in [0.1, 0.15) is 11.4 Å². The summed E-state index contributed by atoms with van der Waals surface area (Å²) < 4.78 is 10.9. The van der Waals surface area contributed by atoms with Crippen LogP contribution >= 0.6 is 0 Å². The molecule has 0 fully saturated rings. The number of carbonyl (C=O) groups excluding carboxylic acids is 1. The second-order valence-electron chi connectivity index (χ2n) is 5.01. The molecule has 0 aromatic heterocycles. The second-order valence-corrected chi connectivity index (χ2v) is 5.01. The molecule has 112 valence electrons. The van der Waals surface area contributed by atoms with Crippen molar-refractivity contribution in [3.05, 3.63) is 24.3 Å². The number of nitrogens with one attached hydrogen (secondary N) is 1. The minimum absolute atomic E-state index is 0.0991. The smallest absolute Gasteiger partial charge is 0.256 e. The summed E-state index contributed by atoms with van der Waals surface area (Å²) in [7, 11) is 1.62. The van der Waals surface area contributed by atoms with Gasteiger partial charge in [-0.3, -0.25) is 4.79 Å². The molecule has 20 heavy (non-hydrogen) atoms. The standard InChI is InChI=1S/C16H25NO3/c1-5-11-16(3,20-12-6-2)15(18)17-13-7-9-14(19-4)10-8-13/h7-10H,5-6,11-12H2,1-4H3,(H,17,18)/t16-/m0/s1. The van der Waals surface area contributed by atoms with Crippen LogP contribution in [0, 0.1) is 0 Å². The highest BCUT2D eigenvalue weighted by atomic mass is 16.5. The monoisotopic (exact) mass is 279 g/mol. The van der Waals surface area contributed by atoms with E-state index in [2.05, 4.69) is 5.32 Å². The highest BCUT2D eigenvalue weighted by molar-refractivity contribution is 5.97. The Morgan fingerprint density at radius 2 is 1.85 bits per heavy atom. The molecular weight excluding hydrogens is 254 g/mol. The van der Waals surface area contributed by atoms with Crippen molar-refractivity contribution in [3.8, 4) is 5.75 Å². The van der Waals surface area contributed by atoms with Crippen molar-refractivity contribution in [1.29, 1.82) is 0 Å². The SMILES string of the molecule is CCCO[C@@](C)(CCC)C(=O)Nc1ccc(OC)cc1. The first kappa shape index (κ1) is 16.5. The van der Waals surface area contributed by atoms with Crippen LogP contribution in [0.25, 0.3) is 0 Å². The molecule has 0 bridgehead atoms. The number of benzene rings is 1. The highest BCUT2D eigenvalue weighted by Gasteiger charge is 2.33. The van der Waals surface area contributed by atoms with Gasteiger partial charge < -0.3 is 14.8 Å². The fourth-order valence-corrected chi connectivity index (χ4v) is 1.99. The Kier molecular flexibility index (Phi) is 6.52. The maximum Gasteiger partial charge on any atom is 0.256 e. The average Bonchev–Trinajstić information content (AvgIpc) is 2.46. The molecule has 4 nitrogen and oxygen atoms in total. The molecule has 0 aliphatic carbocycles. The van der Waals surface area contributed by atoms with Gasteiger partial charge in [0.05, 0.1) is 7.11 Å². The number of methoxy groups -OCH3 is 1. The van der Waals surface area contributed by atoms with E-state index in [4.69, 9.17) is 9.47 Å². The Morgan fingerprint density at radius 3 is 2.35 bits per heavy atom. The van der Waals surface area contributed by atoms with Crippen LogP contribution in [0.5, 0.6) is 5.75 Å². The van der Waals surface area contributed by atoms with Gasteiger partial charge in [-0.2, -0.15) is 0 Å². The van der Waals surface area contributed by atoms with Crippen LogP contribution in [0.4, 0.5) is 5.69 Å². The lowest BCUT2D eigenvalue weighted by atomic mass is 9.99. The van der Waals surface area contributed by atoms with E-state index in [0.29, 0.717) is 13.0 Å². The normalized spacial score (nSPS) is 13.6. The lowest BCUT2D eigenvalue weighted by Crippen LogP contribution is -2.43.